The van der Waals surface area contributed by atoms with Crippen LogP contribution in [-0.2, 0) is 19.1 Å². The van der Waals surface area contributed by atoms with Crippen LogP contribution in [0.2, 0.25) is 0 Å². The maximum atomic E-state index is 12.5. The third-order valence-electron chi connectivity index (χ3n) is 3.89. The quantitative estimate of drug-likeness (QED) is 0.326. The minimum absolute atomic E-state index is 0.0260. The molecule has 1 aliphatic carbocycles. The van der Waals surface area contributed by atoms with E-state index in [2.05, 4.69) is 10.3 Å². The smallest absolute Gasteiger partial charge is 0.331 e. The summed E-state index contributed by atoms with van der Waals surface area (Å²) in [5.41, 5.74) is -0.505. The molecule has 1 N–H and O–H groups in total. The van der Waals surface area contributed by atoms with E-state index in [1.54, 1.807) is 13.8 Å². The molecule has 1 amide bonds. The number of nitrogens with one attached hydrogen (secondary N) is 1. The predicted octanol–water partition coefficient (Wildman–Crippen LogP) is 1.54. The van der Waals surface area contributed by atoms with Gasteiger partial charge in [0.2, 0.25) is 0 Å². The van der Waals surface area contributed by atoms with Crippen molar-refractivity contribution in [3.63, 3.8) is 0 Å². The summed E-state index contributed by atoms with van der Waals surface area (Å²) >= 11 is 0. The summed E-state index contributed by atoms with van der Waals surface area (Å²) in [4.78, 5) is 50.6. The maximum absolute atomic E-state index is 12.5. The van der Waals surface area contributed by atoms with Crippen molar-refractivity contribution in [2.45, 2.75) is 51.7 Å². The Hall–Kier alpha value is -3.24. The molecule has 2 rings (SSSR count). The van der Waals surface area contributed by atoms with E-state index >= 15 is 0 Å². The van der Waals surface area contributed by atoms with Crippen LogP contribution >= 0.6 is 0 Å². The van der Waals surface area contributed by atoms with Crippen LogP contribution in [0.3, 0.4) is 0 Å². The van der Waals surface area contributed by atoms with E-state index in [1.165, 1.54) is 6.07 Å². The summed E-state index contributed by atoms with van der Waals surface area (Å²) in [5.74, 6) is -2.21. The van der Waals surface area contributed by atoms with Crippen LogP contribution in [0.1, 0.15) is 50.0 Å². The molecule has 11 heteroatoms. The second-order valence-corrected chi connectivity index (χ2v) is 6.22. The van der Waals surface area contributed by atoms with Crippen molar-refractivity contribution in [1.29, 1.82) is 0 Å². The molecule has 1 aliphatic rings. The lowest BCUT2D eigenvalue weighted by Gasteiger charge is -2.17. The van der Waals surface area contributed by atoms with Gasteiger partial charge in [0.1, 0.15) is 17.8 Å². The fourth-order valence-corrected chi connectivity index (χ4v) is 2.35. The first kappa shape index (κ1) is 22.1. The van der Waals surface area contributed by atoms with Gasteiger partial charge in [0, 0.05) is 12.5 Å². The van der Waals surface area contributed by atoms with Gasteiger partial charge in [-0.3, -0.25) is 19.7 Å². The van der Waals surface area contributed by atoms with Gasteiger partial charge in [0.25, 0.3) is 11.8 Å². The molecule has 1 aromatic rings. The van der Waals surface area contributed by atoms with Crippen molar-refractivity contribution in [3.8, 4) is 5.88 Å². The predicted molar refractivity (Wildman–Crippen MR) is 98.3 cm³/mol. The van der Waals surface area contributed by atoms with E-state index < -0.39 is 28.8 Å². The second-order valence-electron chi connectivity index (χ2n) is 6.22. The van der Waals surface area contributed by atoms with Gasteiger partial charge in [0.05, 0.1) is 18.1 Å². The molecule has 1 aromatic heterocycles. The number of nitrogens with zero attached hydrogens (tertiary/aromatic N) is 2. The highest BCUT2D eigenvalue weighted by atomic mass is 16.6. The standard InChI is InChI=1S/C18H23N3O8/c1-3-27-15(22)10-8-13(18(24)28-4-2)19-16(23)12-7-9-14(21(25)26)17(20-12)29-11-5-6-11/h7,9,11,13H,3-6,8,10H2,1-2H3,(H,19,23)/t13-/m0/s1. The zero-order chi connectivity index (χ0) is 21.4. The highest BCUT2D eigenvalue weighted by Crippen LogP contribution is 2.31. The lowest BCUT2D eigenvalue weighted by atomic mass is 10.1. The highest BCUT2D eigenvalue weighted by Gasteiger charge is 2.30. The van der Waals surface area contributed by atoms with E-state index in [1.807, 2.05) is 0 Å². The number of carbonyl (C=O) groups excluding carboxylic acids is 3. The zero-order valence-electron chi connectivity index (χ0n) is 16.2. The Kier molecular flexibility index (Phi) is 7.87. The van der Waals surface area contributed by atoms with Gasteiger partial charge in [-0.05, 0) is 39.2 Å². The number of nitro groups is 1. The molecule has 0 aromatic carbocycles. The van der Waals surface area contributed by atoms with Crippen molar-refractivity contribution >= 4 is 23.5 Å². The van der Waals surface area contributed by atoms with Crippen LogP contribution in [0, 0.1) is 10.1 Å². The van der Waals surface area contributed by atoms with Crippen LogP contribution in [-0.4, -0.2) is 53.1 Å². The van der Waals surface area contributed by atoms with E-state index in [0.29, 0.717) is 0 Å². The number of aromatic nitrogens is 1. The normalized spacial score (nSPS) is 13.9. The van der Waals surface area contributed by atoms with E-state index in [9.17, 15) is 24.5 Å². The van der Waals surface area contributed by atoms with E-state index in [0.717, 1.165) is 18.9 Å². The Balaban J connectivity index is 2.13. The Morgan fingerprint density at radius 1 is 1.24 bits per heavy atom. The molecule has 0 unspecified atom stereocenters. The SMILES string of the molecule is CCOC(=O)CC[C@H](NC(=O)c1ccc([N+](=O)[O-])c(OC2CC2)n1)C(=O)OCC. The summed E-state index contributed by atoms with van der Waals surface area (Å²) in [5, 5.41) is 13.6. The molecule has 0 spiro atoms. The molecular weight excluding hydrogens is 386 g/mol. The lowest BCUT2D eigenvalue weighted by molar-refractivity contribution is -0.386. The van der Waals surface area contributed by atoms with Crippen LogP contribution in [0.15, 0.2) is 12.1 Å². The number of hydrogen-bond donors (Lipinski definition) is 1. The molecule has 1 saturated carbocycles. The van der Waals surface area contributed by atoms with Crippen LogP contribution in [0.4, 0.5) is 5.69 Å². The Morgan fingerprint density at radius 3 is 2.52 bits per heavy atom. The Labute approximate surface area is 166 Å². The summed E-state index contributed by atoms with van der Waals surface area (Å²) in [6.07, 6.45) is 1.24. The average Bonchev–Trinajstić information content (AvgIpc) is 3.49. The van der Waals surface area contributed by atoms with Gasteiger partial charge < -0.3 is 19.5 Å². The minimum atomic E-state index is -1.10. The summed E-state index contributed by atoms with van der Waals surface area (Å²) in [6, 6.07) is 1.19. The first-order valence-corrected chi connectivity index (χ1v) is 9.30. The number of pyridine rings is 1. The third-order valence-corrected chi connectivity index (χ3v) is 3.89. The monoisotopic (exact) mass is 409 g/mol. The highest BCUT2D eigenvalue weighted by molar-refractivity contribution is 5.95. The fraction of sp³-hybridized carbons (Fsp3) is 0.556. The maximum Gasteiger partial charge on any atom is 0.331 e. The average molecular weight is 409 g/mol. The molecular formula is C18H23N3O8. The Bertz CT molecular complexity index is 778. The van der Waals surface area contributed by atoms with E-state index in [-0.39, 0.29) is 49.4 Å². The van der Waals surface area contributed by atoms with Crippen molar-refractivity contribution in [3.05, 3.63) is 27.9 Å². The number of rotatable bonds is 11. The van der Waals surface area contributed by atoms with Gasteiger partial charge in [-0.1, -0.05) is 0 Å². The molecule has 1 heterocycles. The van der Waals surface area contributed by atoms with Crippen LogP contribution < -0.4 is 10.1 Å². The van der Waals surface area contributed by atoms with E-state index in [4.69, 9.17) is 14.2 Å². The third kappa shape index (κ3) is 6.70. The molecule has 1 fully saturated rings. The molecule has 0 bridgehead atoms. The second kappa shape index (κ2) is 10.3. The van der Waals surface area contributed by atoms with Crippen LogP contribution in [0.25, 0.3) is 0 Å². The minimum Gasteiger partial charge on any atom is -0.469 e. The largest absolute Gasteiger partial charge is 0.469 e. The van der Waals surface area contributed by atoms with Gasteiger partial charge in [-0.2, -0.15) is 0 Å². The van der Waals surface area contributed by atoms with Gasteiger partial charge >= 0.3 is 17.6 Å². The number of carbonyl (C=O) groups is 3. The molecule has 0 aliphatic heterocycles. The molecule has 0 radical (unpaired) electrons. The molecule has 11 nitrogen and oxygen atoms in total. The Morgan fingerprint density at radius 2 is 1.93 bits per heavy atom. The van der Waals surface area contributed by atoms with Crippen molar-refractivity contribution in [1.82, 2.24) is 10.3 Å². The summed E-state index contributed by atoms with van der Waals surface area (Å²) in [6.45, 7) is 3.57. The first-order chi connectivity index (χ1) is 13.8. The van der Waals surface area contributed by atoms with Crippen molar-refractivity contribution < 1.29 is 33.5 Å². The lowest BCUT2D eigenvalue weighted by Crippen LogP contribution is -2.42. The van der Waals surface area contributed by atoms with Crippen molar-refractivity contribution in [2.24, 2.45) is 0 Å². The summed E-state index contributed by atoms with van der Waals surface area (Å²) in [7, 11) is 0. The topological polar surface area (TPSA) is 147 Å². The number of amides is 1. The number of hydrogen-bond acceptors (Lipinski definition) is 9. The van der Waals surface area contributed by atoms with Gasteiger partial charge in [0.15, 0.2) is 0 Å². The van der Waals surface area contributed by atoms with Crippen LogP contribution in [0.5, 0.6) is 5.88 Å². The number of ether oxygens (including phenoxy) is 3. The molecule has 0 saturated heterocycles. The van der Waals surface area contributed by atoms with Gasteiger partial charge in [-0.15, -0.1) is 0 Å². The summed E-state index contributed by atoms with van der Waals surface area (Å²) < 4.78 is 15.2. The molecule has 29 heavy (non-hydrogen) atoms. The fourth-order valence-electron chi connectivity index (χ4n) is 2.35. The van der Waals surface area contributed by atoms with Gasteiger partial charge in [-0.25, -0.2) is 9.78 Å². The first-order valence-electron chi connectivity index (χ1n) is 9.30. The van der Waals surface area contributed by atoms with Crippen molar-refractivity contribution in [2.75, 3.05) is 13.2 Å². The number of esters is 2. The molecule has 158 valence electrons. The molecule has 1 atom stereocenters. The zero-order valence-corrected chi connectivity index (χ0v) is 16.2.